The van der Waals surface area contributed by atoms with Crippen LogP contribution in [0.1, 0.15) is 62.5 Å². The van der Waals surface area contributed by atoms with Crippen molar-refractivity contribution in [3.63, 3.8) is 0 Å². The highest BCUT2D eigenvalue weighted by molar-refractivity contribution is 6.31. The number of hydrogen-bond donors (Lipinski definition) is 2. The van der Waals surface area contributed by atoms with Crippen molar-refractivity contribution in [2.24, 2.45) is 0 Å². The molecule has 7 nitrogen and oxygen atoms in total. The summed E-state index contributed by atoms with van der Waals surface area (Å²) in [4.78, 5) is 35.6. The van der Waals surface area contributed by atoms with Crippen LogP contribution in [0.15, 0.2) is 48.5 Å². The van der Waals surface area contributed by atoms with Crippen LogP contribution >= 0.6 is 23.2 Å². The summed E-state index contributed by atoms with van der Waals surface area (Å²) < 4.78 is 5.55. The van der Waals surface area contributed by atoms with Crippen molar-refractivity contribution in [2.45, 2.75) is 52.7 Å². The van der Waals surface area contributed by atoms with Crippen LogP contribution in [0.4, 0.5) is 0 Å². The fraction of sp³-hybridized carbons (Fsp3) is 0.308. The van der Waals surface area contributed by atoms with Gasteiger partial charge in [-0.05, 0) is 65.8 Å². The standard InChI is InChI=1S/C26H28Cl2N4O3/c1-25(2,3)32-31-23(33)21-22(24(34)35-26(4,5)6)30-20(16-9-13-18(28)14-10-16)19(29-21)15-7-11-17(27)12-8-15/h7-14,32H,1-6H3,(H,31,33). The molecule has 0 aliphatic heterocycles. The van der Waals surface area contributed by atoms with Gasteiger partial charge in [0.25, 0.3) is 5.91 Å². The van der Waals surface area contributed by atoms with E-state index in [0.717, 1.165) is 0 Å². The van der Waals surface area contributed by atoms with Gasteiger partial charge < -0.3 is 4.74 Å². The van der Waals surface area contributed by atoms with E-state index in [9.17, 15) is 9.59 Å². The lowest BCUT2D eigenvalue weighted by Crippen LogP contribution is -2.49. The van der Waals surface area contributed by atoms with E-state index in [1.165, 1.54) is 0 Å². The maximum atomic E-state index is 13.2. The Hall–Kier alpha value is -3.00. The van der Waals surface area contributed by atoms with Gasteiger partial charge in [0.15, 0.2) is 11.4 Å². The van der Waals surface area contributed by atoms with Crippen molar-refractivity contribution in [3.05, 3.63) is 70.0 Å². The van der Waals surface area contributed by atoms with Crippen molar-refractivity contribution < 1.29 is 14.3 Å². The van der Waals surface area contributed by atoms with Gasteiger partial charge >= 0.3 is 5.97 Å². The van der Waals surface area contributed by atoms with Gasteiger partial charge in [0.05, 0.1) is 11.4 Å². The molecule has 0 saturated heterocycles. The predicted molar refractivity (Wildman–Crippen MR) is 138 cm³/mol. The summed E-state index contributed by atoms with van der Waals surface area (Å²) in [7, 11) is 0. The van der Waals surface area contributed by atoms with Gasteiger partial charge in [-0.2, -0.15) is 0 Å². The van der Waals surface area contributed by atoms with Crippen molar-refractivity contribution in [1.29, 1.82) is 0 Å². The van der Waals surface area contributed by atoms with Gasteiger partial charge in [-0.25, -0.2) is 20.2 Å². The third-order valence-corrected chi connectivity index (χ3v) is 4.99. The SMILES string of the molecule is CC(C)(C)NNC(=O)c1nc(-c2ccc(Cl)cc2)c(-c2ccc(Cl)cc2)nc1C(=O)OC(C)(C)C. The lowest BCUT2D eigenvalue weighted by Gasteiger charge is -2.23. The number of amides is 1. The molecule has 1 aromatic heterocycles. The molecule has 184 valence electrons. The molecule has 0 aliphatic rings. The number of hydrogen-bond acceptors (Lipinski definition) is 6. The van der Waals surface area contributed by atoms with Crippen LogP contribution in [-0.2, 0) is 4.74 Å². The lowest BCUT2D eigenvalue weighted by molar-refractivity contribution is 0.00601. The summed E-state index contributed by atoms with van der Waals surface area (Å²) in [5.74, 6) is -1.38. The Balaban J connectivity index is 2.26. The molecule has 35 heavy (non-hydrogen) atoms. The second-order valence-electron chi connectivity index (χ2n) is 9.96. The van der Waals surface area contributed by atoms with E-state index in [0.29, 0.717) is 32.6 Å². The topological polar surface area (TPSA) is 93.2 Å². The van der Waals surface area contributed by atoms with Gasteiger partial charge in [-0.3, -0.25) is 10.2 Å². The quantitative estimate of drug-likeness (QED) is 0.315. The first-order valence-corrected chi connectivity index (χ1v) is 11.7. The Morgan fingerprint density at radius 2 is 1.17 bits per heavy atom. The number of carbonyl (C=O) groups is 2. The highest BCUT2D eigenvalue weighted by Gasteiger charge is 2.29. The van der Waals surface area contributed by atoms with Gasteiger partial charge in [-0.15, -0.1) is 0 Å². The molecular formula is C26H28Cl2N4O3. The minimum absolute atomic E-state index is 0.168. The number of esters is 1. The van der Waals surface area contributed by atoms with E-state index >= 15 is 0 Å². The molecule has 0 saturated carbocycles. The summed E-state index contributed by atoms with van der Waals surface area (Å²) >= 11 is 12.2. The summed E-state index contributed by atoms with van der Waals surface area (Å²) in [5, 5.41) is 1.10. The number of aromatic nitrogens is 2. The Labute approximate surface area is 215 Å². The van der Waals surface area contributed by atoms with E-state index in [1.54, 1.807) is 69.3 Å². The van der Waals surface area contributed by atoms with Gasteiger partial charge in [0, 0.05) is 26.7 Å². The van der Waals surface area contributed by atoms with Gasteiger partial charge in [0.1, 0.15) is 5.60 Å². The summed E-state index contributed by atoms with van der Waals surface area (Å²) in [5.41, 5.74) is 6.05. The molecule has 0 bridgehead atoms. The maximum Gasteiger partial charge on any atom is 0.359 e. The molecule has 0 atom stereocenters. The molecule has 9 heteroatoms. The van der Waals surface area contributed by atoms with Crippen LogP contribution in [0.2, 0.25) is 10.0 Å². The monoisotopic (exact) mass is 514 g/mol. The number of carbonyl (C=O) groups excluding carboxylic acids is 2. The van der Waals surface area contributed by atoms with Crippen molar-refractivity contribution in [1.82, 2.24) is 20.8 Å². The molecule has 0 aliphatic carbocycles. The third-order valence-electron chi connectivity index (χ3n) is 4.49. The first kappa shape index (κ1) is 26.6. The molecular weight excluding hydrogens is 487 g/mol. The molecule has 3 rings (SSSR count). The summed E-state index contributed by atoms with van der Waals surface area (Å²) in [6.45, 7) is 10.9. The predicted octanol–water partition coefficient (Wildman–Crippen LogP) is 6.11. The highest BCUT2D eigenvalue weighted by Crippen LogP contribution is 2.32. The zero-order chi connectivity index (χ0) is 26.0. The zero-order valence-electron chi connectivity index (χ0n) is 20.5. The minimum Gasteiger partial charge on any atom is -0.455 e. The number of ether oxygens (including phenoxy) is 1. The Kier molecular flexibility index (Phi) is 7.84. The van der Waals surface area contributed by atoms with Crippen molar-refractivity contribution in [2.75, 3.05) is 0 Å². The van der Waals surface area contributed by atoms with E-state index < -0.39 is 23.0 Å². The fourth-order valence-electron chi connectivity index (χ4n) is 2.98. The number of rotatable bonds is 5. The second kappa shape index (κ2) is 10.3. The molecule has 2 N–H and O–H groups in total. The first-order chi connectivity index (χ1) is 16.2. The van der Waals surface area contributed by atoms with Gasteiger partial charge in [0.2, 0.25) is 0 Å². The molecule has 0 spiro atoms. The van der Waals surface area contributed by atoms with Crippen molar-refractivity contribution in [3.8, 4) is 22.5 Å². The van der Waals surface area contributed by atoms with E-state index in [4.69, 9.17) is 27.9 Å². The van der Waals surface area contributed by atoms with Crippen LogP contribution in [0.3, 0.4) is 0 Å². The van der Waals surface area contributed by atoms with Crippen LogP contribution in [0, 0.1) is 0 Å². The number of nitrogens with one attached hydrogen (secondary N) is 2. The Morgan fingerprint density at radius 3 is 1.57 bits per heavy atom. The molecule has 2 aromatic carbocycles. The first-order valence-electron chi connectivity index (χ1n) is 11.0. The second-order valence-corrected chi connectivity index (χ2v) is 10.8. The fourth-order valence-corrected chi connectivity index (χ4v) is 3.24. The molecule has 0 radical (unpaired) electrons. The summed E-state index contributed by atoms with van der Waals surface area (Å²) in [6.07, 6.45) is 0. The van der Waals surface area contributed by atoms with E-state index in [1.807, 2.05) is 20.8 Å². The number of halogens is 2. The van der Waals surface area contributed by atoms with Crippen molar-refractivity contribution >= 4 is 35.1 Å². The normalized spacial score (nSPS) is 11.8. The van der Waals surface area contributed by atoms with Crippen LogP contribution < -0.4 is 10.9 Å². The molecule has 3 aromatic rings. The maximum absolute atomic E-state index is 13.2. The Morgan fingerprint density at radius 1 is 0.743 bits per heavy atom. The smallest absolute Gasteiger partial charge is 0.359 e. The van der Waals surface area contributed by atoms with Crippen LogP contribution in [-0.4, -0.2) is 33.0 Å². The minimum atomic E-state index is -0.800. The highest BCUT2D eigenvalue weighted by atomic mass is 35.5. The number of benzene rings is 2. The van der Waals surface area contributed by atoms with Gasteiger partial charge in [-0.1, -0.05) is 47.5 Å². The summed E-state index contributed by atoms with van der Waals surface area (Å²) in [6, 6.07) is 13.9. The van der Waals surface area contributed by atoms with E-state index in [2.05, 4.69) is 20.8 Å². The molecule has 0 fully saturated rings. The molecule has 1 amide bonds. The van der Waals surface area contributed by atoms with E-state index in [-0.39, 0.29) is 11.4 Å². The van der Waals surface area contributed by atoms with Crippen LogP contribution in [0.5, 0.6) is 0 Å². The largest absolute Gasteiger partial charge is 0.455 e. The Bertz CT molecular complexity index is 1230. The lowest BCUT2D eigenvalue weighted by atomic mass is 10.0. The third kappa shape index (κ3) is 7.24. The molecule has 0 unspecified atom stereocenters. The van der Waals surface area contributed by atoms with Crippen LogP contribution in [0.25, 0.3) is 22.5 Å². The average Bonchev–Trinajstić information content (AvgIpc) is 2.76. The number of hydrazine groups is 1. The molecule has 1 heterocycles. The average molecular weight is 515 g/mol. The zero-order valence-corrected chi connectivity index (χ0v) is 22.0. The number of nitrogens with zero attached hydrogens (tertiary/aromatic N) is 2.